The first-order valence-electron chi connectivity index (χ1n) is 7.84. The lowest BCUT2D eigenvalue weighted by Crippen LogP contribution is -2.51. The number of carbonyl (C=O) groups excluding carboxylic acids is 1. The fourth-order valence-corrected chi connectivity index (χ4v) is 7.29. The van der Waals surface area contributed by atoms with Crippen molar-refractivity contribution in [1.29, 1.82) is 0 Å². The van der Waals surface area contributed by atoms with Gasteiger partial charge >= 0.3 is 0 Å². The molecule has 4 aliphatic carbocycles. The first kappa shape index (κ1) is 14.0. The molecule has 0 unspecified atom stereocenters. The number of hydrogen-bond acceptors (Lipinski definition) is 6. The van der Waals surface area contributed by atoms with Crippen molar-refractivity contribution >= 4 is 34.0 Å². The lowest BCUT2D eigenvalue weighted by Gasteiger charge is -2.56. The summed E-state index contributed by atoms with van der Waals surface area (Å²) in [5.74, 6) is 2.90. The fraction of sp³-hybridized carbons (Fsp3) is 0.800. The largest absolute Gasteiger partial charge is 0.374 e. The van der Waals surface area contributed by atoms with Crippen molar-refractivity contribution < 1.29 is 4.79 Å². The normalized spacial score (nSPS) is 38.6. The molecule has 4 bridgehead atoms. The monoisotopic (exact) mass is 323 g/mol. The van der Waals surface area contributed by atoms with E-state index in [0.29, 0.717) is 10.9 Å². The van der Waals surface area contributed by atoms with Gasteiger partial charge in [-0.2, -0.15) is 0 Å². The van der Waals surface area contributed by atoms with Crippen molar-refractivity contribution in [2.45, 2.75) is 55.0 Å². The first-order chi connectivity index (χ1) is 10.0. The van der Waals surface area contributed by atoms with Crippen molar-refractivity contribution in [3.63, 3.8) is 0 Å². The molecule has 0 amide bonds. The summed E-state index contributed by atoms with van der Waals surface area (Å²) < 4.78 is 0.818. The van der Waals surface area contributed by atoms with Crippen molar-refractivity contribution in [2.75, 3.05) is 5.73 Å². The minimum absolute atomic E-state index is 0.0165. The molecule has 5 rings (SSSR count). The van der Waals surface area contributed by atoms with Crippen LogP contribution in [0.3, 0.4) is 0 Å². The third-order valence-corrected chi connectivity index (χ3v) is 7.57. The molecule has 6 heteroatoms. The number of carbonyl (C=O) groups is 1. The number of nitrogens with zero attached hydrogens (tertiary/aromatic N) is 2. The predicted molar refractivity (Wildman–Crippen MR) is 85.3 cm³/mol. The molecule has 0 saturated heterocycles. The van der Waals surface area contributed by atoms with Gasteiger partial charge in [-0.15, -0.1) is 10.2 Å². The molecule has 1 heterocycles. The van der Waals surface area contributed by atoms with Crippen molar-refractivity contribution in [3.8, 4) is 0 Å². The first-order valence-corrected chi connectivity index (χ1v) is 9.54. The van der Waals surface area contributed by atoms with Gasteiger partial charge in [-0.25, -0.2) is 0 Å². The molecule has 4 aliphatic rings. The lowest BCUT2D eigenvalue weighted by molar-refractivity contribution is -0.142. The van der Waals surface area contributed by atoms with Crippen LogP contribution < -0.4 is 5.73 Å². The van der Waals surface area contributed by atoms with E-state index in [4.69, 9.17) is 5.73 Å². The highest BCUT2D eigenvalue weighted by molar-refractivity contribution is 8.02. The number of thioether (sulfide) groups is 1. The van der Waals surface area contributed by atoms with E-state index in [1.165, 1.54) is 42.4 Å². The zero-order chi connectivity index (χ0) is 14.6. The SMILES string of the molecule is C[C@H](Sc1nnc(N)s1)C(=O)C12CC3CC(CC(C3)C1)C2. The number of Topliss-reactive ketones (excluding diaryl/α,β-unsaturated/α-hetero) is 1. The number of ketones is 1. The van der Waals surface area contributed by atoms with Gasteiger partial charge in [-0.3, -0.25) is 4.79 Å². The highest BCUT2D eigenvalue weighted by Crippen LogP contribution is 2.61. The fourth-order valence-electron chi connectivity index (χ4n) is 5.32. The van der Waals surface area contributed by atoms with E-state index < -0.39 is 0 Å². The Hall–Kier alpha value is -0.620. The lowest BCUT2D eigenvalue weighted by atomic mass is 9.48. The van der Waals surface area contributed by atoms with Crippen LogP contribution in [0, 0.1) is 23.2 Å². The van der Waals surface area contributed by atoms with Crippen LogP contribution in [0.15, 0.2) is 4.34 Å². The Bertz CT molecular complexity index is 536. The summed E-state index contributed by atoms with van der Waals surface area (Å²) in [4.78, 5) is 13.1. The molecule has 1 aromatic rings. The van der Waals surface area contributed by atoms with Crippen LogP contribution in [0.5, 0.6) is 0 Å². The molecule has 0 aromatic carbocycles. The molecule has 1 aromatic heterocycles. The quantitative estimate of drug-likeness (QED) is 0.860. The van der Waals surface area contributed by atoms with Crippen LogP contribution in [0.4, 0.5) is 5.13 Å². The summed E-state index contributed by atoms with van der Waals surface area (Å²) in [6, 6.07) is 0. The second-order valence-electron chi connectivity index (χ2n) is 7.23. The molecule has 0 spiro atoms. The van der Waals surface area contributed by atoms with Gasteiger partial charge in [-0.1, -0.05) is 23.1 Å². The Labute approximate surface area is 133 Å². The standard InChI is InChI=1S/C15H21N3OS2/c1-8(20-14-18-17-13(16)21-14)12(19)15-5-9-2-10(6-15)4-11(3-9)7-15/h8-11H,2-7H2,1H3,(H2,16,17)/t8-,9?,10?,11?,15?/m0/s1. The van der Waals surface area contributed by atoms with Crippen LogP contribution >= 0.6 is 23.1 Å². The van der Waals surface area contributed by atoms with E-state index in [1.54, 1.807) is 0 Å². The predicted octanol–water partition coefficient (Wildman–Crippen LogP) is 3.39. The zero-order valence-electron chi connectivity index (χ0n) is 12.2. The van der Waals surface area contributed by atoms with Crippen LogP contribution in [0.1, 0.15) is 45.4 Å². The highest BCUT2D eigenvalue weighted by Gasteiger charge is 2.55. The second kappa shape index (κ2) is 4.95. The van der Waals surface area contributed by atoms with E-state index in [1.807, 2.05) is 6.92 Å². The molecule has 114 valence electrons. The van der Waals surface area contributed by atoms with Gasteiger partial charge in [0.2, 0.25) is 5.13 Å². The number of nitrogens with two attached hydrogens (primary N) is 1. The average molecular weight is 323 g/mol. The number of aromatic nitrogens is 2. The number of nitrogen functional groups attached to an aromatic ring is 1. The Morgan fingerprint density at radius 3 is 2.29 bits per heavy atom. The Kier molecular flexibility index (Phi) is 3.30. The Balaban J connectivity index is 1.51. The minimum atomic E-state index is -0.0337. The van der Waals surface area contributed by atoms with Gasteiger partial charge in [0, 0.05) is 5.41 Å². The summed E-state index contributed by atoms with van der Waals surface area (Å²) in [6.45, 7) is 2.03. The van der Waals surface area contributed by atoms with Crippen LogP contribution in [-0.2, 0) is 4.79 Å². The molecular weight excluding hydrogens is 302 g/mol. The van der Waals surface area contributed by atoms with Gasteiger partial charge in [-0.05, 0) is 63.2 Å². The molecule has 4 nitrogen and oxygen atoms in total. The molecule has 4 saturated carbocycles. The summed E-state index contributed by atoms with van der Waals surface area (Å²) in [5.41, 5.74) is 5.61. The second-order valence-corrected chi connectivity index (χ2v) is 9.83. The van der Waals surface area contributed by atoms with Gasteiger partial charge in [0.15, 0.2) is 10.1 Å². The van der Waals surface area contributed by atoms with Crippen LogP contribution in [-0.4, -0.2) is 21.2 Å². The average Bonchev–Trinajstić information content (AvgIpc) is 2.81. The van der Waals surface area contributed by atoms with Crippen molar-refractivity contribution in [3.05, 3.63) is 0 Å². The van der Waals surface area contributed by atoms with E-state index in [2.05, 4.69) is 10.2 Å². The summed E-state index contributed by atoms with van der Waals surface area (Å²) in [5, 5.41) is 8.32. The Morgan fingerprint density at radius 1 is 1.24 bits per heavy atom. The maximum Gasteiger partial charge on any atom is 0.203 e. The van der Waals surface area contributed by atoms with E-state index >= 15 is 0 Å². The van der Waals surface area contributed by atoms with Crippen molar-refractivity contribution in [1.82, 2.24) is 10.2 Å². The van der Waals surface area contributed by atoms with E-state index in [9.17, 15) is 4.79 Å². The summed E-state index contributed by atoms with van der Waals surface area (Å²) in [7, 11) is 0. The van der Waals surface area contributed by atoms with E-state index in [-0.39, 0.29) is 10.7 Å². The Morgan fingerprint density at radius 2 is 1.81 bits per heavy atom. The van der Waals surface area contributed by atoms with Crippen LogP contribution in [0.2, 0.25) is 0 Å². The maximum atomic E-state index is 13.1. The smallest absolute Gasteiger partial charge is 0.203 e. The van der Waals surface area contributed by atoms with Crippen molar-refractivity contribution in [2.24, 2.45) is 23.2 Å². The van der Waals surface area contributed by atoms with Gasteiger partial charge in [0.1, 0.15) is 0 Å². The number of hydrogen-bond donors (Lipinski definition) is 1. The topological polar surface area (TPSA) is 68.9 Å². The highest BCUT2D eigenvalue weighted by atomic mass is 32.2. The van der Waals surface area contributed by atoms with Crippen LogP contribution in [0.25, 0.3) is 0 Å². The maximum absolute atomic E-state index is 13.1. The third kappa shape index (κ3) is 2.40. The minimum Gasteiger partial charge on any atom is -0.374 e. The molecule has 0 aliphatic heterocycles. The molecule has 1 atom stereocenters. The molecular formula is C15H21N3OS2. The molecule has 0 radical (unpaired) electrons. The number of rotatable bonds is 4. The molecule has 21 heavy (non-hydrogen) atoms. The number of anilines is 1. The molecule has 4 fully saturated rings. The summed E-state index contributed by atoms with van der Waals surface area (Å²) >= 11 is 2.91. The molecule has 2 N–H and O–H groups in total. The zero-order valence-corrected chi connectivity index (χ0v) is 13.9. The summed E-state index contributed by atoms with van der Waals surface area (Å²) in [6.07, 6.45) is 7.55. The van der Waals surface area contributed by atoms with Gasteiger partial charge in [0.05, 0.1) is 5.25 Å². The van der Waals surface area contributed by atoms with E-state index in [0.717, 1.165) is 41.4 Å². The van der Waals surface area contributed by atoms with Gasteiger partial charge < -0.3 is 5.73 Å². The third-order valence-electron chi connectivity index (χ3n) is 5.63. The van der Waals surface area contributed by atoms with Gasteiger partial charge in [0.25, 0.3) is 0 Å².